The predicted molar refractivity (Wildman–Crippen MR) is 143 cm³/mol. The number of rotatable bonds is 7. The molecule has 0 unspecified atom stereocenters. The van der Waals surface area contributed by atoms with Crippen LogP contribution in [0.1, 0.15) is 48.3 Å². The molecule has 38 heavy (non-hydrogen) atoms. The molecule has 192 valence electrons. The number of halogens is 1. The van der Waals surface area contributed by atoms with Gasteiger partial charge in [-0.25, -0.2) is 19.3 Å². The number of hydrogen-bond donors (Lipinski definition) is 2. The number of hydrogen-bond acceptors (Lipinski definition) is 6. The maximum atomic E-state index is 14.3. The molecule has 1 aliphatic carbocycles. The average molecular weight is 511 g/mol. The number of pyridine rings is 2. The number of aryl methyl sites for hydroxylation is 1. The Morgan fingerprint density at radius 2 is 1.68 bits per heavy atom. The van der Waals surface area contributed by atoms with Crippen molar-refractivity contribution in [3.8, 4) is 22.6 Å². The van der Waals surface area contributed by atoms with Crippen LogP contribution < -0.4 is 10.6 Å². The van der Waals surface area contributed by atoms with E-state index in [2.05, 4.69) is 25.6 Å². The molecule has 8 nitrogen and oxygen atoms in total. The van der Waals surface area contributed by atoms with Gasteiger partial charge in [0.1, 0.15) is 11.5 Å². The average Bonchev–Trinajstić information content (AvgIpc) is 3.75. The maximum Gasteiger partial charge on any atom is 0.255 e. The minimum absolute atomic E-state index is 0.0183. The Morgan fingerprint density at radius 1 is 0.921 bits per heavy atom. The summed E-state index contributed by atoms with van der Waals surface area (Å²) < 4.78 is 14.3. The van der Waals surface area contributed by atoms with Gasteiger partial charge in [0.05, 0.1) is 11.4 Å². The van der Waals surface area contributed by atoms with E-state index >= 15 is 0 Å². The molecule has 0 saturated heterocycles. The highest BCUT2D eigenvalue weighted by molar-refractivity contribution is 6.04. The highest BCUT2D eigenvalue weighted by Gasteiger charge is 2.29. The number of anilines is 2. The summed E-state index contributed by atoms with van der Waals surface area (Å²) in [7, 11) is 0. The summed E-state index contributed by atoms with van der Waals surface area (Å²) >= 11 is 0. The molecular weight excluding hydrogens is 483 g/mol. The van der Waals surface area contributed by atoms with Gasteiger partial charge < -0.3 is 10.6 Å². The summed E-state index contributed by atoms with van der Waals surface area (Å²) in [5, 5.41) is 5.73. The van der Waals surface area contributed by atoms with Gasteiger partial charge in [-0.2, -0.15) is 0 Å². The number of carbonyl (C=O) groups is 2. The lowest BCUT2D eigenvalue weighted by Gasteiger charge is -2.14. The molecule has 0 bridgehead atoms. The number of alkyl halides is 1. The van der Waals surface area contributed by atoms with Gasteiger partial charge in [0.2, 0.25) is 5.91 Å². The van der Waals surface area contributed by atoms with E-state index in [1.165, 1.54) is 26.1 Å². The van der Waals surface area contributed by atoms with Crippen molar-refractivity contribution in [1.29, 1.82) is 0 Å². The van der Waals surface area contributed by atoms with E-state index in [1.807, 2.05) is 19.1 Å². The van der Waals surface area contributed by atoms with Crippen molar-refractivity contribution in [3.63, 3.8) is 0 Å². The third-order valence-electron chi connectivity index (χ3n) is 6.28. The molecule has 0 spiro atoms. The monoisotopic (exact) mass is 510 g/mol. The van der Waals surface area contributed by atoms with E-state index in [9.17, 15) is 14.0 Å². The van der Waals surface area contributed by atoms with Crippen molar-refractivity contribution in [2.75, 3.05) is 10.6 Å². The highest BCUT2D eigenvalue weighted by atomic mass is 19.1. The zero-order valence-corrected chi connectivity index (χ0v) is 21.3. The molecule has 2 amide bonds. The lowest BCUT2D eigenvalue weighted by Crippen LogP contribution is -2.16. The van der Waals surface area contributed by atoms with E-state index < -0.39 is 5.67 Å². The maximum absolute atomic E-state index is 14.3. The van der Waals surface area contributed by atoms with Gasteiger partial charge in [-0.15, -0.1) is 0 Å². The zero-order valence-electron chi connectivity index (χ0n) is 21.3. The molecule has 0 atom stereocenters. The molecule has 9 heteroatoms. The van der Waals surface area contributed by atoms with E-state index in [0.717, 1.165) is 29.5 Å². The summed E-state index contributed by atoms with van der Waals surface area (Å²) in [5.41, 5.74) is 2.60. The minimum atomic E-state index is -1.66. The van der Waals surface area contributed by atoms with Crippen LogP contribution in [0.25, 0.3) is 22.6 Å². The quantitative estimate of drug-likeness (QED) is 0.329. The second kappa shape index (κ2) is 10.1. The topological polar surface area (TPSA) is 110 Å². The third-order valence-corrected chi connectivity index (χ3v) is 6.28. The first kappa shape index (κ1) is 25.1. The summed E-state index contributed by atoms with van der Waals surface area (Å²) in [6.45, 7) is 4.76. The number of amides is 2. The van der Waals surface area contributed by atoms with Crippen LogP contribution in [0, 0.1) is 12.8 Å². The van der Waals surface area contributed by atoms with E-state index in [-0.39, 0.29) is 23.4 Å². The van der Waals surface area contributed by atoms with Gasteiger partial charge in [0, 0.05) is 46.9 Å². The molecule has 0 aliphatic heterocycles. The summed E-state index contributed by atoms with van der Waals surface area (Å²) in [5.74, 6) is 0.638. The van der Waals surface area contributed by atoms with Crippen molar-refractivity contribution < 1.29 is 14.0 Å². The van der Waals surface area contributed by atoms with Crippen molar-refractivity contribution in [2.45, 2.75) is 39.3 Å². The lowest BCUT2D eigenvalue weighted by molar-refractivity contribution is -0.117. The highest BCUT2D eigenvalue weighted by Crippen LogP contribution is 2.31. The summed E-state index contributed by atoms with van der Waals surface area (Å²) in [6, 6.07) is 13.9. The summed E-state index contributed by atoms with van der Waals surface area (Å²) in [4.78, 5) is 42.5. The Kier molecular flexibility index (Phi) is 6.67. The first-order valence-electron chi connectivity index (χ1n) is 12.4. The Balaban J connectivity index is 1.38. The van der Waals surface area contributed by atoms with Crippen LogP contribution >= 0.6 is 0 Å². The van der Waals surface area contributed by atoms with Crippen molar-refractivity contribution in [2.24, 2.45) is 5.92 Å². The molecule has 1 aliphatic rings. The molecule has 0 radical (unpaired) electrons. The first-order chi connectivity index (χ1) is 18.2. The first-order valence-corrected chi connectivity index (χ1v) is 12.4. The Bertz CT molecular complexity index is 1530. The standard InChI is InChI=1S/C29H27FN6O2/c1-17-4-7-21(34-28(38)20-9-11-31-24(14-20)29(2,3)30)16-22(17)23-10-13-33-26(35-23)19-8-12-32-25(15-19)36-27(37)18-5-6-18/h4,7-16,18H,5-6H2,1-3H3,(H,34,38)(H,32,36,37). The second-order valence-electron chi connectivity index (χ2n) is 9.84. The largest absolute Gasteiger partial charge is 0.322 e. The molecule has 2 N–H and O–H groups in total. The number of nitrogens with zero attached hydrogens (tertiary/aromatic N) is 4. The van der Waals surface area contributed by atoms with E-state index in [0.29, 0.717) is 28.6 Å². The zero-order chi connectivity index (χ0) is 26.9. The Morgan fingerprint density at radius 3 is 2.45 bits per heavy atom. The fourth-order valence-electron chi connectivity index (χ4n) is 3.94. The number of benzene rings is 1. The second-order valence-corrected chi connectivity index (χ2v) is 9.84. The molecule has 5 rings (SSSR count). The smallest absolute Gasteiger partial charge is 0.255 e. The van der Waals surface area contributed by atoms with Gasteiger partial charge in [-0.05, 0) is 81.6 Å². The van der Waals surface area contributed by atoms with Crippen LogP contribution in [0.2, 0.25) is 0 Å². The third kappa shape index (κ3) is 5.72. The van der Waals surface area contributed by atoms with Crippen molar-refractivity contribution in [1.82, 2.24) is 19.9 Å². The van der Waals surface area contributed by atoms with Crippen LogP contribution in [0.5, 0.6) is 0 Å². The fourth-order valence-corrected chi connectivity index (χ4v) is 3.94. The number of nitrogens with one attached hydrogen (secondary N) is 2. The molecule has 4 aromatic rings. The normalized spacial score (nSPS) is 13.2. The fraction of sp³-hybridized carbons (Fsp3) is 0.241. The SMILES string of the molecule is Cc1ccc(NC(=O)c2ccnc(C(C)(C)F)c2)cc1-c1ccnc(-c2ccnc(NC(=O)C3CC3)c2)n1. The number of aromatic nitrogens is 4. The van der Waals surface area contributed by atoms with Crippen molar-refractivity contribution >= 4 is 23.3 Å². The molecule has 1 saturated carbocycles. The minimum Gasteiger partial charge on any atom is -0.322 e. The van der Waals surface area contributed by atoms with Gasteiger partial charge in [-0.1, -0.05) is 6.07 Å². The molecule has 3 aromatic heterocycles. The van der Waals surface area contributed by atoms with Gasteiger partial charge in [0.25, 0.3) is 5.91 Å². The van der Waals surface area contributed by atoms with Crippen LogP contribution in [0.15, 0.2) is 67.1 Å². The Hall–Kier alpha value is -4.53. The van der Waals surface area contributed by atoms with Crippen LogP contribution in [-0.4, -0.2) is 31.8 Å². The van der Waals surface area contributed by atoms with Crippen LogP contribution in [0.4, 0.5) is 15.9 Å². The van der Waals surface area contributed by atoms with Crippen molar-refractivity contribution in [3.05, 3.63) is 83.9 Å². The lowest BCUT2D eigenvalue weighted by atomic mass is 10.0. The summed E-state index contributed by atoms with van der Waals surface area (Å²) in [6.07, 6.45) is 6.53. The predicted octanol–water partition coefficient (Wildman–Crippen LogP) is 5.71. The van der Waals surface area contributed by atoms with Crippen LogP contribution in [0.3, 0.4) is 0 Å². The van der Waals surface area contributed by atoms with Gasteiger partial charge in [-0.3, -0.25) is 14.6 Å². The Labute approximate surface area is 219 Å². The van der Waals surface area contributed by atoms with Gasteiger partial charge >= 0.3 is 0 Å². The molecule has 1 fully saturated rings. The number of carbonyl (C=O) groups excluding carboxylic acids is 2. The van der Waals surface area contributed by atoms with Crippen LogP contribution in [-0.2, 0) is 10.5 Å². The van der Waals surface area contributed by atoms with Gasteiger partial charge in [0.15, 0.2) is 5.82 Å². The molecule has 3 heterocycles. The molecular formula is C29H27FN6O2. The van der Waals surface area contributed by atoms with E-state index in [4.69, 9.17) is 4.98 Å². The van der Waals surface area contributed by atoms with E-state index in [1.54, 1.807) is 42.7 Å². The molecule has 1 aromatic carbocycles.